The van der Waals surface area contributed by atoms with E-state index in [1.165, 1.54) is 6.07 Å². The number of nitrogens with two attached hydrogens (primary N) is 1. The molecule has 0 aliphatic carbocycles. The second-order valence-electron chi connectivity index (χ2n) is 3.61. The number of aryl methyl sites for hydroxylation is 1. The minimum Gasteiger partial charge on any atom is -0.377 e. The Kier molecular flexibility index (Phi) is 1.86. The zero-order valence-corrected chi connectivity index (χ0v) is 7.51. The van der Waals surface area contributed by atoms with Crippen LogP contribution in [0.5, 0.6) is 0 Å². The molecule has 1 aliphatic rings. The standard InChI is InChI=1S/C10H12FNO/c1-7-2-3-8(4-9(7)11)10(12)5-13-6-10/h2-4H,5-6,12H2,1H3. The molecular formula is C10H12FNO. The molecule has 2 N–H and O–H groups in total. The first-order chi connectivity index (χ1) is 6.12. The van der Waals surface area contributed by atoms with Crippen LogP contribution < -0.4 is 5.73 Å². The van der Waals surface area contributed by atoms with E-state index in [-0.39, 0.29) is 5.82 Å². The molecule has 2 rings (SSSR count). The molecule has 1 aromatic carbocycles. The average Bonchev–Trinajstić information content (AvgIpc) is 2.06. The molecule has 2 nitrogen and oxygen atoms in total. The van der Waals surface area contributed by atoms with E-state index in [9.17, 15) is 4.39 Å². The van der Waals surface area contributed by atoms with Gasteiger partial charge in [0.25, 0.3) is 0 Å². The summed E-state index contributed by atoms with van der Waals surface area (Å²) < 4.78 is 18.2. The number of hydrogen-bond donors (Lipinski definition) is 1. The van der Waals surface area contributed by atoms with Gasteiger partial charge in [-0.3, -0.25) is 0 Å². The summed E-state index contributed by atoms with van der Waals surface area (Å²) in [6.07, 6.45) is 0. The van der Waals surface area contributed by atoms with Crippen molar-refractivity contribution in [3.8, 4) is 0 Å². The minimum atomic E-state index is -0.464. The lowest BCUT2D eigenvalue weighted by Crippen LogP contribution is -2.54. The van der Waals surface area contributed by atoms with Crippen LogP contribution in [0.3, 0.4) is 0 Å². The predicted octanol–water partition coefficient (Wildman–Crippen LogP) is 1.32. The lowest BCUT2D eigenvalue weighted by Gasteiger charge is -2.38. The molecule has 0 atom stereocenters. The number of benzene rings is 1. The highest BCUT2D eigenvalue weighted by Gasteiger charge is 2.36. The largest absolute Gasteiger partial charge is 0.377 e. The number of ether oxygens (including phenoxy) is 1. The molecule has 0 radical (unpaired) electrons. The highest BCUT2D eigenvalue weighted by atomic mass is 19.1. The maximum atomic E-state index is 13.2. The Bertz CT molecular complexity index is 334. The van der Waals surface area contributed by atoms with Crippen molar-refractivity contribution < 1.29 is 9.13 Å². The van der Waals surface area contributed by atoms with Crippen molar-refractivity contribution >= 4 is 0 Å². The molecule has 1 aromatic rings. The van der Waals surface area contributed by atoms with E-state index in [1.54, 1.807) is 13.0 Å². The first-order valence-corrected chi connectivity index (χ1v) is 4.25. The molecule has 0 saturated carbocycles. The summed E-state index contributed by atoms with van der Waals surface area (Å²) in [7, 11) is 0. The van der Waals surface area contributed by atoms with E-state index < -0.39 is 5.54 Å². The maximum Gasteiger partial charge on any atom is 0.126 e. The smallest absolute Gasteiger partial charge is 0.126 e. The van der Waals surface area contributed by atoms with Gasteiger partial charge in [-0.2, -0.15) is 0 Å². The summed E-state index contributed by atoms with van der Waals surface area (Å²) >= 11 is 0. The van der Waals surface area contributed by atoms with Gasteiger partial charge in [-0.15, -0.1) is 0 Å². The number of rotatable bonds is 1. The predicted molar refractivity (Wildman–Crippen MR) is 47.8 cm³/mol. The molecule has 13 heavy (non-hydrogen) atoms. The lowest BCUT2D eigenvalue weighted by atomic mass is 9.89. The first kappa shape index (κ1) is 8.66. The van der Waals surface area contributed by atoms with Crippen molar-refractivity contribution in [2.75, 3.05) is 13.2 Å². The zero-order chi connectivity index (χ0) is 9.47. The van der Waals surface area contributed by atoms with E-state index >= 15 is 0 Å². The van der Waals surface area contributed by atoms with Crippen LogP contribution in [0.15, 0.2) is 18.2 Å². The summed E-state index contributed by atoms with van der Waals surface area (Å²) in [6.45, 7) is 2.70. The van der Waals surface area contributed by atoms with Crippen LogP contribution in [0.2, 0.25) is 0 Å². The molecule has 0 amide bonds. The van der Waals surface area contributed by atoms with E-state index in [1.807, 2.05) is 6.07 Å². The van der Waals surface area contributed by atoms with Gasteiger partial charge in [0.2, 0.25) is 0 Å². The van der Waals surface area contributed by atoms with Crippen LogP contribution in [-0.2, 0) is 10.3 Å². The van der Waals surface area contributed by atoms with Crippen LogP contribution in [0.25, 0.3) is 0 Å². The van der Waals surface area contributed by atoms with Gasteiger partial charge in [-0.25, -0.2) is 4.39 Å². The van der Waals surface area contributed by atoms with Gasteiger partial charge >= 0.3 is 0 Å². The van der Waals surface area contributed by atoms with Crippen molar-refractivity contribution in [2.45, 2.75) is 12.5 Å². The Hall–Kier alpha value is -0.930. The topological polar surface area (TPSA) is 35.2 Å². The van der Waals surface area contributed by atoms with E-state index in [0.717, 1.165) is 5.56 Å². The Morgan fingerprint density at radius 1 is 1.46 bits per heavy atom. The van der Waals surface area contributed by atoms with Gasteiger partial charge in [0.1, 0.15) is 5.82 Å². The molecule has 1 fully saturated rings. The fourth-order valence-electron chi connectivity index (χ4n) is 1.39. The van der Waals surface area contributed by atoms with Crippen molar-refractivity contribution in [2.24, 2.45) is 5.73 Å². The van der Waals surface area contributed by atoms with Gasteiger partial charge < -0.3 is 10.5 Å². The molecule has 0 bridgehead atoms. The number of halogens is 1. The van der Waals surface area contributed by atoms with Crippen LogP contribution in [0.4, 0.5) is 4.39 Å². The highest BCUT2D eigenvalue weighted by molar-refractivity contribution is 5.30. The van der Waals surface area contributed by atoms with Gasteiger partial charge in [-0.05, 0) is 24.1 Å². The monoisotopic (exact) mass is 181 g/mol. The molecule has 0 aromatic heterocycles. The van der Waals surface area contributed by atoms with Crippen LogP contribution in [0, 0.1) is 12.7 Å². The molecule has 3 heteroatoms. The first-order valence-electron chi connectivity index (χ1n) is 4.25. The fraction of sp³-hybridized carbons (Fsp3) is 0.400. The van der Waals surface area contributed by atoms with Gasteiger partial charge in [0, 0.05) is 0 Å². The highest BCUT2D eigenvalue weighted by Crippen LogP contribution is 2.27. The lowest BCUT2D eigenvalue weighted by molar-refractivity contribution is -0.0570. The van der Waals surface area contributed by atoms with Crippen molar-refractivity contribution in [3.63, 3.8) is 0 Å². The zero-order valence-electron chi connectivity index (χ0n) is 7.51. The molecular weight excluding hydrogens is 169 g/mol. The van der Waals surface area contributed by atoms with Crippen LogP contribution >= 0.6 is 0 Å². The summed E-state index contributed by atoms with van der Waals surface area (Å²) in [6, 6.07) is 5.11. The van der Waals surface area contributed by atoms with Crippen molar-refractivity contribution in [3.05, 3.63) is 35.1 Å². The van der Waals surface area contributed by atoms with Crippen molar-refractivity contribution in [1.82, 2.24) is 0 Å². The summed E-state index contributed by atoms with van der Waals surface area (Å²) in [5.74, 6) is -0.200. The number of hydrogen-bond acceptors (Lipinski definition) is 2. The van der Waals surface area contributed by atoms with Gasteiger partial charge in [0.05, 0.1) is 18.8 Å². The maximum absolute atomic E-state index is 13.2. The van der Waals surface area contributed by atoms with E-state index in [2.05, 4.69) is 0 Å². The summed E-state index contributed by atoms with van der Waals surface area (Å²) in [5, 5.41) is 0. The Morgan fingerprint density at radius 2 is 2.15 bits per heavy atom. The molecule has 70 valence electrons. The van der Waals surface area contributed by atoms with Gasteiger partial charge in [-0.1, -0.05) is 12.1 Å². The van der Waals surface area contributed by atoms with E-state index in [0.29, 0.717) is 18.8 Å². The second-order valence-corrected chi connectivity index (χ2v) is 3.61. The third-order valence-electron chi connectivity index (χ3n) is 2.47. The molecule has 0 spiro atoms. The second kappa shape index (κ2) is 2.79. The average molecular weight is 181 g/mol. The third kappa shape index (κ3) is 1.34. The summed E-state index contributed by atoms with van der Waals surface area (Å²) in [5.41, 5.74) is 6.95. The molecule has 0 unspecified atom stereocenters. The Labute approximate surface area is 76.5 Å². The SMILES string of the molecule is Cc1ccc(C2(N)COC2)cc1F. The Morgan fingerprint density at radius 3 is 2.62 bits per heavy atom. The third-order valence-corrected chi connectivity index (χ3v) is 2.47. The Balaban J connectivity index is 2.36. The minimum absolute atomic E-state index is 0.200. The quantitative estimate of drug-likeness (QED) is 0.709. The van der Waals surface area contributed by atoms with E-state index in [4.69, 9.17) is 10.5 Å². The van der Waals surface area contributed by atoms with Crippen molar-refractivity contribution in [1.29, 1.82) is 0 Å². The summed E-state index contributed by atoms with van der Waals surface area (Å²) in [4.78, 5) is 0. The van der Waals surface area contributed by atoms with Gasteiger partial charge in [0.15, 0.2) is 0 Å². The fourth-order valence-corrected chi connectivity index (χ4v) is 1.39. The molecule has 1 saturated heterocycles. The van der Waals surface area contributed by atoms with Crippen LogP contribution in [-0.4, -0.2) is 13.2 Å². The molecule has 1 aliphatic heterocycles. The normalized spacial score (nSPS) is 19.6. The van der Waals surface area contributed by atoms with Crippen LogP contribution in [0.1, 0.15) is 11.1 Å². The molecule has 1 heterocycles.